The fourth-order valence-corrected chi connectivity index (χ4v) is 2.12. The van der Waals surface area contributed by atoms with E-state index in [-0.39, 0.29) is 12.1 Å². The number of carbonyl (C=O) groups is 1. The van der Waals surface area contributed by atoms with Gasteiger partial charge in [-0.3, -0.25) is 4.90 Å². The Hall–Kier alpha value is -1.97. The molecule has 1 aromatic rings. The lowest BCUT2D eigenvalue weighted by Gasteiger charge is -2.28. The Bertz CT molecular complexity index is 499. The summed E-state index contributed by atoms with van der Waals surface area (Å²) in [6.07, 6.45) is 3.72. The second kappa shape index (κ2) is 5.57. The van der Waals surface area contributed by atoms with Gasteiger partial charge in [-0.15, -0.1) is 0 Å². The van der Waals surface area contributed by atoms with E-state index in [1.807, 2.05) is 57.2 Å². The van der Waals surface area contributed by atoms with Crippen LogP contribution in [-0.2, 0) is 4.74 Å². The van der Waals surface area contributed by atoms with Gasteiger partial charge in [-0.2, -0.15) is 0 Å². The molecule has 4 heteroatoms. The van der Waals surface area contributed by atoms with Crippen molar-refractivity contribution in [2.45, 2.75) is 32.4 Å². The summed E-state index contributed by atoms with van der Waals surface area (Å²) in [4.78, 5) is 13.9. The number of hydrogen-bond donors (Lipinski definition) is 0. The van der Waals surface area contributed by atoms with Gasteiger partial charge in [-0.1, -0.05) is 24.3 Å². The monoisotopic (exact) mass is 275 g/mol. The van der Waals surface area contributed by atoms with Crippen LogP contribution in [0.2, 0.25) is 0 Å². The molecule has 0 bridgehead atoms. The van der Waals surface area contributed by atoms with Crippen molar-refractivity contribution in [3.8, 4) is 5.75 Å². The first kappa shape index (κ1) is 14.4. The second-order valence-corrected chi connectivity index (χ2v) is 5.78. The van der Waals surface area contributed by atoms with E-state index in [2.05, 4.69) is 0 Å². The number of carbonyl (C=O) groups excluding carboxylic acids is 1. The zero-order valence-corrected chi connectivity index (χ0v) is 12.4. The summed E-state index contributed by atoms with van der Waals surface area (Å²) in [7, 11) is 1.64. The number of methoxy groups -OCH3 is 1. The van der Waals surface area contributed by atoms with Gasteiger partial charge in [0.1, 0.15) is 11.4 Å². The van der Waals surface area contributed by atoms with Crippen molar-refractivity contribution in [1.82, 2.24) is 4.90 Å². The van der Waals surface area contributed by atoms with Crippen LogP contribution in [0.1, 0.15) is 32.4 Å². The van der Waals surface area contributed by atoms with Gasteiger partial charge in [0, 0.05) is 6.54 Å². The average molecular weight is 275 g/mol. The molecule has 2 rings (SSSR count). The zero-order chi connectivity index (χ0) is 14.8. The summed E-state index contributed by atoms with van der Waals surface area (Å²) in [6, 6.07) is 7.66. The van der Waals surface area contributed by atoms with Gasteiger partial charge in [0.15, 0.2) is 0 Å². The molecule has 0 unspecified atom stereocenters. The molecule has 0 fully saturated rings. The third-order valence-corrected chi connectivity index (χ3v) is 3.04. The zero-order valence-electron chi connectivity index (χ0n) is 12.4. The fourth-order valence-electron chi connectivity index (χ4n) is 2.12. The molecule has 0 N–H and O–H groups in total. The van der Waals surface area contributed by atoms with Crippen LogP contribution in [0.25, 0.3) is 0 Å². The highest BCUT2D eigenvalue weighted by molar-refractivity contribution is 5.70. The predicted molar refractivity (Wildman–Crippen MR) is 77.8 cm³/mol. The van der Waals surface area contributed by atoms with E-state index in [9.17, 15) is 4.79 Å². The normalized spacial score (nSPS) is 18.2. The van der Waals surface area contributed by atoms with Crippen LogP contribution in [0.5, 0.6) is 5.75 Å². The second-order valence-electron chi connectivity index (χ2n) is 5.78. The summed E-state index contributed by atoms with van der Waals surface area (Å²) in [5.41, 5.74) is 0.565. The van der Waals surface area contributed by atoms with Gasteiger partial charge in [0.25, 0.3) is 0 Å². The summed E-state index contributed by atoms with van der Waals surface area (Å²) >= 11 is 0. The van der Waals surface area contributed by atoms with Crippen LogP contribution in [-0.4, -0.2) is 30.2 Å². The van der Waals surface area contributed by atoms with Crippen molar-refractivity contribution in [2.75, 3.05) is 13.7 Å². The largest absolute Gasteiger partial charge is 0.497 e. The molecule has 0 saturated heterocycles. The van der Waals surface area contributed by atoms with Gasteiger partial charge in [0.05, 0.1) is 13.2 Å². The molecule has 0 radical (unpaired) electrons. The first-order chi connectivity index (χ1) is 9.40. The smallest absolute Gasteiger partial charge is 0.411 e. The summed E-state index contributed by atoms with van der Waals surface area (Å²) in [5.74, 6) is 0.805. The lowest BCUT2D eigenvalue weighted by Crippen LogP contribution is -2.36. The Morgan fingerprint density at radius 2 is 1.90 bits per heavy atom. The molecule has 1 aliphatic rings. The molecule has 1 aliphatic heterocycles. The van der Waals surface area contributed by atoms with Gasteiger partial charge in [-0.05, 0) is 38.5 Å². The first-order valence-corrected chi connectivity index (χ1v) is 6.71. The van der Waals surface area contributed by atoms with Crippen LogP contribution < -0.4 is 4.74 Å². The summed E-state index contributed by atoms with van der Waals surface area (Å²) < 4.78 is 10.6. The van der Waals surface area contributed by atoms with E-state index in [4.69, 9.17) is 9.47 Å². The molecule has 4 nitrogen and oxygen atoms in total. The lowest BCUT2D eigenvalue weighted by molar-refractivity contribution is 0.0240. The average Bonchev–Trinajstić information content (AvgIpc) is 2.86. The molecule has 108 valence electrons. The molecule has 1 amide bonds. The molecule has 20 heavy (non-hydrogen) atoms. The van der Waals surface area contributed by atoms with Crippen LogP contribution in [0.15, 0.2) is 36.4 Å². The van der Waals surface area contributed by atoms with E-state index in [1.54, 1.807) is 12.0 Å². The van der Waals surface area contributed by atoms with E-state index >= 15 is 0 Å². The van der Waals surface area contributed by atoms with Crippen LogP contribution in [0.4, 0.5) is 4.79 Å². The molecule has 0 aromatic heterocycles. The number of benzene rings is 1. The number of rotatable bonds is 2. The molecule has 0 aliphatic carbocycles. The summed E-state index contributed by atoms with van der Waals surface area (Å²) in [5, 5.41) is 0. The van der Waals surface area contributed by atoms with E-state index in [1.165, 1.54) is 0 Å². The predicted octanol–water partition coefficient (Wildman–Crippen LogP) is 3.54. The minimum Gasteiger partial charge on any atom is -0.497 e. The number of ether oxygens (including phenoxy) is 2. The highest BCUT2D eigenvalue weighted by Crippen LogP contribution is 2.29. The highest BCUT2D eigenvalue weighted by Gasteiger charge is 2.29. The Kier molecular flexibility index (Phi) is 4.02. The first-order valence-electron chi connectivity index (χ1n) is 6.71. The van der Waals surface area contributed by atoms with Gasteiger partial charge in [0.2, 0.25) is 0 Å². The minimum atomic E-state index is -0.482. The van der Waals surface area contributed by atoms with Crippen molar-refractivity contribution >= 4 is 6.09 Å². The van der Waals surface area contributed by atoms with Crippen molar-refractivity contribution in [3.63, 3.8) is 0 Å². The Labute approximate surface area is 120 Å². The van der Waals surface area contributed by atoms with Gasteiger partial charge in [-0.25, -0.2) is 4.79 Å². The molecule has 1 atom stereocenters. The van der Waals surface area contributed by atoms with Crippen molar-refractivity contribution in [2.24, 2.45) is 0 Å². The Morgan fingerprint density at radius 3 is 2.45 bits per heavy atom. The molecule has 0 saturated carbocycles. The third-order valence-electron chi connectivity index (χ3n) is 3.04. The molecular weight excluding hydrogens is 254 g/mol. The maximum absolute atomic E-state index is 12.2. The van der Waals surface area contributed by atoms with E-state index in [0.29, 0.717) is 6.54 Å². The standard InChI is InChI=1S/C16H21NO3/c1-16(2,3)20-15(18)17-11-5-6-14(17)12-7-9-13(19-4)10-8-12/h5-10,14H,11H2,1-4H3/t14-/m0/s1. The third kappa shape index (κ3) is 3.32. The lowest BCUT2D eigenvalue weighted by atomic mass is 10.1. The Balaban J connectivity index is 2.13. The van der Waals surface area contributed by atoms with Gasteiger partial charge >= 0.3 is 6.09 Å². The van der Waals surface area contributed by atoms with Crippen LogP contribution >= 0.6 is 0 Å². The van der Waals surface area contributed by atoms with E-state index < -0.39 is 5.60 Å². The fraction of sp³-hybridized carbons (Fsp3) is 0.438. The van der Waals surface area contributed by atoms with Crippen LogP contribution in [0.3, 0.4) is 0 Å². The molecule has 1 aromatic carbocycles. The molecule has 1 heterocycles. The van der Waals surface area contributed by atoms with Crippen LogP contribution in [0, 0.1) is 0 Å². The van der Waals surface area contributed by atoms with E-state index in [0.717, 1.165) is 11.3 Å². The highest BCUT2D eigenvalue weighted by atomic mass is 16.6. The summed E-state index contributed by atoms with van der Waals surface area (Å²) in [6.45, 7) is 6.19. The molecule has 0 spiro atoms. The maximum atomic E-state index is 12.2. The quantitative estimate of drug-likeness (QED) is 0.775. The maximum Gasteiger partial charge on any atom is 0.411 e. The SMILES string of the molecule is COc1ccc([C@@H]2C=CCN2C(=O)OC(C)(C)C)cc1. The van der Waals surface area contributed by atoms with Crippen molar-refractivity contribution < 1.29 is 14.3 Å². The van der Waals surface area contributed by atoms with Crippen molar-refractivity contribution in [1.29, 1.82) is 0 Å². The molecular formula is C16H21NO3. The topological polar surface area (TPSA) is 38.8 Å². The number of hydrogen-bond acceptors (Lipinski definition) is 3. The van der Waals surface area contributed by atoms with Gasteiger partial charge < -0.3 is 9.47 Å². The number of amides is 1. The Morgan fingerprint density at radius 1 is 1.25 bits per heavy atom. The van der Waals surface area contributed by atoms with Crippen molar-refractivity contribution in [3.05, 3.63) is 42.0 Å². The number of nitrogens with zero attached hydrogens (tertiary/aromatic N) is 1. The minimum absolute atomic E-state index is 0.0734.